The number of carbonyl (C=O) groups is 1. The van der Waals surface area contributed by atoms with Gasteiger partial charge in [0.25, 0.3) is 0 Å². The van der Waals surface area contributed by atoms with Crippen molar-refractivity contribution in [3.8, 4) is 0 Å². The summed E-state index contributed by atoms with van der Waals surface area (Å²) in [5.74, 6) is 0.822. The van der Waals surface area contributed by atoms with Gasteiger partial charge >= 0.3 is 5.97 Å². The summed E-state index contributed by atoms with van der Waals surface area (Å²) in [5, 5.41) is 0. The molecule has 0 aromatic rings. The number of unbranched alkanes of at least 4 members (excludes halogenated alkanes) is 1. The van der Waals surface area contributed by atoms with E-state index in [9.17, 15) is 4.79 Å². The minimum atomic E-state index is 0.0126. The van der Waals surface area contributed by atoms with Crippen molar-refractivity contribution in [3.63, 3.8) is 0 Å². The molecule has 1 aliphatic carbocycles. The monoisotopic (exact) mass is 184 g/mol. The highest BCUT2D eigenvalue weighted by atomic mass is 16.5. The van der Waals surface area contributed by atoms with Crippen LogP contribution in [0, 0.1) is 11.8 Å². The Labute approximate surface area is 80.7 Å². The van der Waals surface area contributed by atoms with Gasteiger partial charge in [-0.3, -0.25) is 4.79 Å². The van der Waals surface area contributed by atoms with Crippen LogP contribution >= 0.6 is 0 Å². The van der Waals surface area contributed by atoms with E-state index in [2.05, 4.69) is 6.92 Å². The van der Waals surface area contributed by atoms with Crippen LogP contribution < -0.4 is 0 Å². The minimum absolute atomic E-state index is 0.0126. The van der Waals surface area contributed by atoms with Crippen molar-refractivity contribution in [2.24, 2.45) is 11.8 Å². The average Bonchev–Trinajstić information content (AvgIpc) is 2.61. The maximum Gasteiger partial charge on any atom is 0.308 e. The van der Waals surface area contributed by atoms with Gasteiger partial charge in [-0.15, -0.1) is 0 Å². The Bertz CT molecular complexity index is 165. The second-order valence-corrected chi connectivity index (χ2v) is 3.96. The molecule has 13 heavy (non-hydrogen) atoms. The van der Waals surface area contributed by atoms with E-state index in [-0.39, 0.29) is 11.9 Å². The molecule has 0 aromatic carbocycles. The molecule has 1 rings (SSSR count). The number of esters is 1. The fourth-order valence-electron chi connectivity index (χ4n) is 2.31. The summed E-state index contributed by atoms with van der Waals surface area (Å²) in [6.45, 7) is 2.20. The standard InChI is InChI=1S/C11H20O2/c1-3-4-6-9-7-5-8-10(9)11(12)13-2/h9-10H,3-8H2,1-2H3/t9-,10-/m0/s1. The van der Waals surface area contributed by atoms with Crippen molar-refractivity contribution in [1.29, 1.82) is 0 Å². The van der Waals surface area contributed by atoms with Crippen LogP contribution in [0.2, 0.25) is 0 Å². The van der Waals surface area contributed by atoms with Gasteiger partial charge in [0.2, 0.25) is 0 Å². The Balaban J connectivity index is 2.39. The first-order chi connectivity index (χ1) is 6.29. The summed E-state index contributed by atoms with van der Waals surface area (Å²) < 4.78 is 4.81. The van der Waals surface area contributed by atoms with Crippen molar-refractivity contribution in [2.45, 2.75) is 45.4 Å². The molecule has 0 spiro atoms. The second-order valence-electron chi connectivity index (χ2n) is 3.96. The molecule has 1 fully saturated rings. The zero-order chi connectivity index (χ0) is 9.68. The molecule has 0 radical (unpaired) electrons. The van der Waals surface area contributed by atoms with E-state index in [4.69, 9.17) is 4.74 Å². The van der Waals surface area contributed by atoms with Gasteiger partial charge in [0, 0.05) is 0 Å². The van der Waals surface area contributed by atoms with Crippen molar-refractivity contribution in [1.82, 2.24) is 0 Å². The van der Waals surface area contributed by atoms with Gasteiger partial charge in [0.1, 0.15) is 0 Å². The van der Waals surface area contributed by atoms with E-state index in [1.54, 1.807) is 0 Å². The van der Waals surface area contributed by atoms with Crippen LogP contribution in [0.4, 0.5) is 0 Å². The summed E-state index contributed by atoms with van der Waals surface area (Å²) in [6.07, 6.45) is 7.15. The molecule has 0 aliphatic heterocycles. The third kappa shape index (κ3) is 2.71. The molecule has 2 nitrogen and oxygen atoms in total. The summed E-state index contributed by atoms with van der Waals surface area (Å²) in [6, 6.07) is 0. The summed E-state index contributed by atoms with van der Waals surface area (Å²) in [7, 11) is 1.50. The van der Waals surface area contributed by atoms with E-state index in [0.717, 1.165) is 6.42 Å². The van der Waals surface area contributed by atoms with E-state index < -0.39 is 0 Å². The first kappa shape index (κ1) is 10.6. The fraction of sp³-hybridized carbons (Fsp3) is 0.909. The molecular formula is C11H20O2. The zero-order valence-corrected chi connectivity index (χ0v) is 8.71. The van der Waals surface area contributed by atoms with Gasteiger partial charge in [-0.1, -0.05) is 26.2 Å². The Morgan fingerprint density at radius 1 is 1.46 bits per heavy atom. The lowest BCUT2D eigenvalue weighted by Gasteiger charge is -2.16. The largest absolute Gasteiger partial charge is 0.469 e. The summed E-state index contributed by atoms with van der Waals surface area (Å²) in [5.41, 5.74) is 0. The smallest absolute Gasteiger partial charge is 0.308 e. The van der Waals surface area contributed by atoms with Crippen LogP contribution in [0.25, 0.3) is 0 Å². The van der Waals surface area contributed by atoms with Crippen molar-refractivity contribution >= 4 is 5.97 Å². The Hall–Kier alpha value is -0.530. The van der Waals surface area contributed by atoms with Crippen LogP contribution in [0.1, 0.15) is 45.4 Å². The minimum Gasteiger partial charge on any atom is -0.469 e. The van der Waals surface area contributed by atoms with Crippen LogP contribution in [-0.4, -0.2) is 13.1 Å². The Kier molecular flexibility index (Phi) is 4.26. The number of carbonyl (C=O) groups excluding carboxylic acids is 1. The number of methoxy groups -OCH3 is 1. The van der Waals surface area contributed by atoms with Crippen LogP contribution in [0.5, 0.6) is 0 Å². The number of hydrogen-bond acceptors (Lipinski definition) is 2. The molecule has 2 heteroatoms. The molecule has 0 heterocycles. The van der Waals surface area contributed by atoms with Gasteiger partial charge in [-0.2, -0.15) is 0 Å². The quantitative estimate of drug-likeness (QED) is 0.628. The van der Waals surface area contributed by atoms with Crippen molar-refractivity contribution in [3.05, 3.63) is 0 Å². The Morgan fingerprint density at radius 2 is 2.23 bits per heavy atom. The molecule has 76 valence electrons. The van der Waals surface area contributed by atoms with E-state index in [1.807, 2.05) is 0 Å². The topological polar surface area (TPSA) is 26.3 Å². The molecular weight excluding hydrogens is 164 g/mol. The lowest BCUT2D eigenvalue weighted by atomic mass is 9.91. The predicted molar refractivity (Wildman–Crippen MR) is 52.4 cm³/mol. The Morgan fingerprint density at radius 3 is 2.85 bits per heavy atom. The van der Waals surface area contributed by atoms with Gasteiger partial charge in [-0.25, -0.2) is 0 Å². The first-order valence-electron chi connectivity index (χ1n) is 5.37. The fourth-order valence-corrected chi connectivity index (χ4v) is 2.31. The van der Waals surface area contributed by atoms with Crippen LogP contribution in [0.15, 0.2) is 0 Å². The molecule has 1 aliphatic rings. The van der Waals surface area contributed by atoms with E-state index >= 15 is 0 Å². The predicted octanol–water partition coefficient (Wildman–Crippen LogP) is 2.77. The van der Waals surface area contributed by atoms with Gasteiger partial charge in [0.15, 0.2) is 0 Å². The van der Waals surface area contributed by atoms with Crippen molar-refractivity contribution in [2.75, 3.05) is 7.11 Å². The highest BCUT2D eigenvalue weighted by Gasteiger charge is 2.32. The molecule has 0 amide bonds. The zero-order valence-electron chi connectivity index (χ0n) is 8.71. The summed E-state index contributed by atoms with van der Waals surface area (Å²) >= 11 is 0. The lowest BCUT2D eigenvalue weighted by Crippen LogP contribution is -2.20. The lowest BCUT2D eigenvalue weighted by molar-refractivity contribution is -0.146. The number of rotatable bonds is 4. The third-order valence-corrected chi connectivity index (χ3v) is 3.09. The van der Waals surface area contributed by atoms with Crippen molar-refractivity contribution < 1.29 is 9.53 Å². The molecule has 2 atom stereocenters. The molecule has 1 saturated carbocycles. The van der Waals surface area contributed by atoms with Gasteiger partial charge < -0.3 is 4.74 Å². The molecule has 0 unspecified atom stereocenters. The molecule has 0 N–H and O–H groups in total. The second kappa shape index (κ2) is 5.25. The normalized spacial score (nSPS) is 27.5. The van der Waals surface area contributed by atoms with E-state index in [0.29, 0.717) is 5.92 Å². The molecule has 0 bridgehead atoms. The first-order valence-corrected chi connectivity index (χ1v) is 5.37. The van der Waals surface area contributed by atoms with Crippen LogP contribution in [-0.2, 0) is 9.53 Å². The molecule has 0 saturated heterocycles. The maximum absolute atomic E-state index is 11.4. The number of ether oxygens (including phenoxy) is 1. The summed E-state index contributed by atoms with van der Waals surface area (Å²) in [4.78, 5) is 11.4. The highest BCUT2D eigenvalue weighted by Crippen LogP contribution is 2.35. The van der Waals surface area contributed by atoms with E-state index in [1.165, 1.54) is 39.2 Å². The maximum atomic E-state index is 11.4. The number of hydrogen-bond donors (Lipinski definition) is 0. The highest BCUT2D eigenvalue weighted by molar-refractivity contribution is 5.72. The van der Waals surface area contributed by atoms with Gasteiger partial charge in [0.05, 0.1) is 13.0 Å². The van der Waals surface area contributed by atoms with Gasteiger partial charge in [-0.05, 0) is 25.2 Å². The van der Waals surface area contributed by atoms with Crippen LogP contribution in [0.3, 0.4) is 0 Å². The average molecular weight is 184 g/mol. The molecule has 0 aromatic heterocycles. The third-order valence-electron chi connectivity index (χ3n) is 3.09. The SMILES string of the molecule is CCCC[C@H]1CCC[C@@H]1C(=O)OC.